The fraction of sp³-hybridized carbons (Fsp3) is 0.529. The molecule has 0 aliphatic carbocycles. The van der Waals surface area contributed by atoms with Crippen molar-refractivity contribution >= 4 is 22.7 Å². The maximum Gasteiger partial charge on any atom is 0.228 e. The molecule has 3 heterocycles. The van der Waals surface area contributed by atoms with Crippen molar-refractivity contribution in [3.63, 3.8) is 0 Å². The van der Waals surface area contributed by atoms with Crippen molar-refractivity contribution in [2.24, 2.45) is 0 Å². The number of hydrogen-bond acceptors (Lipinski definition) is 6. The first kappa shape index (κ1) is 14.7. The first-order valence-electron chi connectivity index (χ1n) is 8.35. The molecule has 4 rings (SSSR count). The van der Waals surface area contributed by atoms with Crippen molar-refractivity contribution in [2.45, 2.75) is 18.9 Å². The predicted molar refractivity (Wildman–Crippen MR) is 90.0 cm³/mol. The van der Waals surface area contributed by atoms with Crippen molar-refractivity contribution in [3.05, 3.63) is 24.3 Å². The minimum atomic E-state index is 0.288. The van der Waals surface area contributed by atoms with Gasteiger partial charge in [0.15, 0.2) is 0 Å². The van der Waals surface area contributed by atoms with E-state index in [0.717, 1.165) is 75.0 Å². The molecule has 0 spiro atoms. The van der Waals surface area contributed by atoms with Gasteiger partial charge >= 0.3 is 0 Å². The van der Waals surface area contributed by atoms with E-state index >= 15 is 0 Å². The Morgan fingerprint density at radius 2 is 2.00 bits per heavy atom. The highest BCUT2D eigenvalue weighted by Gasteiger charge is 2.18. The van der Waals surface area contributed by atoms with Crippen LogP contribution in [0.2, 0.25) is 0 Å². The van der Waals surface area contributed by atoms with E-state index in [1.54, 1.807) is 0 Å². The normalized spacial score (nSPS) is 21.7. The molecule has 6 heteroatoms. The van der Waals surface area contributed by atoms with E-state index in [0.29, 0.717) is 0 Å². The first-order chi connectivity index (χ1) is 11.4. The lowest BCUT2D eigenvalue weighted by Gasteiger charge is -2.27. The number of anilines is 2. The Hall–Kier alpha value is -1.92. The molecule has 2 aliphatic rings. The molecule has 23 heavy (non-hydrogen) atoms. The average molecular weight is 314 g/mol. The van der Waals surface area contributed by atoms with Crippen LogP contribution in [0.4, 0.5) is 11.8 Å². The second-order valence-electron chi connectivity index (χ2n) is 6.00. The second-order valence-corrected chi connectivity index (χ2v) is 6.00. The Balaban J connectivity index is 1.62. The summed E-state index contributed by atoms with van der Waals surface area (Å²) in [5.41, 5.74) is 0.971. The summed E-state index contributed by atoms with van der Waals surface area (Å²) in [6.07, 6.45) is 2.55. The van der Waals surface area contributed by atoms with Gasteiger partial charge in [-0.25, -0.2) is 4.98 Å². The summed E-state index contributed by atoms with van der Waals surface area (Å²) in [4.78, 5) is 11.7. The van der Waals surface area contributed by atoms with Crippen molar-refractivity contribution in [1.29, 1.82) is 0 Å². The highest BCUT2D eigenvalue weighted by molar-refractivity contribution is 5.90. The minimum Gasteiger partial charge on any atom is -0.378 e. The van der Waals surface area contributed by atoms with E-state index in [1.807, 2.05) is 18.2 Å². The molecule has 1 aromatic carbocycles. The molecule has 0 radical (unpaired) electrons. The smallest absolute Gasteiger partial charge is 0.228 e. The fourth-order valence-corrected chi connectivity index (χ4v) is 3.12. The monoisotopic (exact) mass is 314 g/mol. The minimum absolute atomic E-state index is 0.288. The molecular weight excluding hydrogens is 292 g/mol. The van der Waals surface area contributed by atoms with Gasteiger partial charge in [0.1, 0.15) is 5.82 Å². The number of nitrogens with zero attached hydrogens (tertiary/aromatic N) is 3. The predicted octanol–water partition coefficient (Wildman–Crippen LogP) is 2.06. The molecule has 0 saturated carbocycles. The molecule has 122 valence electrons. The number of rotatable bonds is 4. The molecule has 2 fully saturated rings. The summed E-state index contributed by atoms with van der Waals surface area (Å²) in [5, 5.41) is 4.53. The van der Waals surface area contributed by atoms with Crippen LogP contribution in [0.15, 0.2) is 24.3 Å². The zero-order chi connectivity index (χ0) is 15.5. The van der Waals surface area contributed by atoms with E-state index in [-0.39, 0.29) is 6.10 Å². The fourth-order valence-electron chi connectivity index (χ4n) is 3.12. The van der Waals surface area contributed by atoms with Gasteiger partial charge in [-0.3, -0.25) is 0 Å². The van der Waals surface area contributed by atoms with Gasteiger partial charge in [0, 0.05) is 31.6 Å². The van der Waals surface area contributed by atoms with Gasteiger partial charge in [0.25, 0.3) is 0 Å². The van der Waals surface area contributed by atoms with Gasteiger partial charge in [-0.2, -0.15) is 4.98 Å². The largest absolute Gasteiger partial charge is 0.378 e. The molecule has 0 amide bonds. The van der Waals surface area contributed by atoms with Gasteiger partial charge < -0.3 is 19.7 Å². The molecule has 1 N–H and O–H groups in total. The summed E-state index contributed by atoms with van der Waals surface area (Å²) in [6, 6.07) is 8.15. The van der Waals surface area contributed by atoms with Gasteiger partial charge in [-0.05, 0) is 25.0 Å². The van der Waals surface area contributed by atoms with E-state index in [9.17, 15) is 0 Å². The third-order valence-electron chi connectivity index (χ3n) is 4.41. The van der Waals surface area contributed by atoms with Gasteiger partial charge in [0.2, 0.25) is 5.95 Å². The molecule has 1 atom stereocenters. The van der Waals surface area contributed by atoms with Crippen molar-refractivity contribution < 1.29 is 9.47 Å². The van der Waals surface area contributed by atoms with E-state index in [4.69, 9.17) is 19.4 Å². The number of benzene rings is 1. The topological polar surface area (TPSA) is 59.5 Å². The van der Waals surface area contributed by atoms with Crippen LogP contribution in [0.25, 0.3) is 10.9 Å². The van der Waals surface area contributed by atoms with Crippen LogP contribution in [0.3, 0.4) is 0 Å². The molecular formula is C17H22N4O2. The Labute approximate surface area is 135 Å². The van der Waals surface area contributed by atoms with Gasteiger partial charge in [0.05, 0.1) is 24.8 Å². The summed E-state index contributed by atoms with van der Waals surface area (Å²) in [5.74, 6) is 1.68. The van der Waals surface area contributed by atoms with Crippen LogP contribution >= 0.6 is 0 Å². The highest BCUT2D eigenvalue weighted by atomic mass is 16.5. The Morgan fingerprint density at radius 1 is 1.13 bits per heavy atom. The third kappa shape index (κ3) is 3.23. The lowest BCUT2D eigenvalue weighted by atomic mass is 10.2. The van der Waals surface area contributed by atoms with Crippen LogP contribution in [0.1, 0.15) is 12.8 Å². The number of para-hydroxylation sites is 1. The summed E-state index contributed by atoms with van der Waals surface area (Å²) >= 11 is 0. The van der Waals surface area contributed by atoms with Gasteiger partial charge in [-0.1, -0.05) is 12.1 Å². The zero-order valence-electron chi connectivity index (χ0n) is 13.2. The van der Waals surface area contributed by atoms with E-state index in [2.05, 4.69) is 16.3 Å². The Bertz CT molecular complexity index is 667. The summed E-state index contributed by atoms with van der Waals surface area (Å²) in [7, 11) is 0. The van der Waals surface area contributed by atoms with Crippen molar-refractivity contribution in [1.82, 2.24) is 9.97 Å². The maximum absolute atomic E-state index is 5.70. The summed E-state index contributed by atoms with van der Waals surface area (Å²) < 4.78 is 11.1. The van der Waals surface area contributed by atoms with Crippen molar-refractivity contribution in [2.75, 3.05) is 49.7 Å². The SMILES string of the molecule is c1ccc2c(NC[C@@H]3CCCO3)nc(N3CCOCC3)nc2c1. The van der Waals surface area contributed by atoms with Crippen LogP contribution in [0, 0.1) is 0 Å². The van der Waals surface area contributed by atoms with Crippen LogP contribution in [-0.2, 0) is 9.47 Å². The van der Waals surface area contributed by atoms with Gasteiger partial charge in [-0.15, -0.1) is 0 Å². The zero-order valence-corrected chi connectivity index (χ0v) is 13.2. The number of nitrogens with one attached hydrogen (secondary N) is 1. The van der Waals surface area contributed by atoms with E-state index in [1.165, 1.54) is 0 Å². The number of aromatic nitrogens is 2. The molecule has 2 saturated heterocycles. The number of morpholine rings is 1. The Kier molecular flexibility index (Phi) is 4.26. The third-order valence-corrected chi connectivity index (χ3v) is 4.41. The van der Waals surface area contributed by atoms with Crippen LogP contribution in [0.5, 0.6) is 0 Å². The number of fused-ring (bicyclic) bond motifs is 1. The Morgan fingerprint density at radius 3 is 2.83 bits per heavy atom. The molecule has 1 aromatic heterocycles. The highest BCUT2D eigenvalue weighted by Crippen LogP contribution is 2.24. The molecule has 2 aromatic rings. The lowest BCUT2D eigenvalue weighted by molar-refractivity contribution is 0.120. The maximum atomic E-state index is 5.70. The van der Waals surface area contributed by atoms with Crippen molar-refractivity contribution in [3.8, 4) is 0 Å². The summed E-state index contributed by atoms with van der Waals surface area (Å²) in [6.45, 7) is 4.80. The average Bonchev–Trinajstić information content (AvgIpc) is 3.14. The molecule has 2 aliphatic heterocycles. The van der Waals surface area contributed by atoms with Crippen LogP contribution < -0.4 is 10.2 Å². The molecule has 6 nitrogen and oxygen atoms in total. The quantitative estimate of drug-likeness (QED) is 0.932. The molecule has 0 bridgehead atoms. The first-order valence-corrected chi connectivity index (χ1v) is 8.35. The molecule has 0 unspecified atom stereocenters. The number of hydrogen-bond donors (Lipinski definition) is 1. The standard InChI is InChI=1S/C17H22N4O2/c1-2-6-15-14(5-1)16(18-12-13-4-3-9-23-13)20-17(19-15)21-7-10-22-11-8-21/h1-2,5-6,13H,3-4,7-12H2,(H,18,19,20)/t13-/m0/s1. The van der Waals surface area contributed by atoms with Crippen LogP contribution in [-0.4, -0.2) is 55.5 Å². The number of ether oxygens (including phenoxy) is 2. The second kappa shape index (κ2) is 6.68. The van der Waals surface area contributed by atoms with E-state index < -0.39 is 0 Å². The lowest BCUT2D eigenvalue weighted by Crippen LogP contribution is -2.37.